The first-order valence-corrected chi connectivity index (χ1v) is 8.69. The van der Waals surface area contributed by atoms with Crippen LogP contribution >= 0.6 is 27.7 Å². The van der Waals surface area contributed by atoms with E-state index in [1.807, 2.05) is 0 Å². The van der Waals surface area contributed by atoms with Crippen molar-refractivity contribution in [1.82, 2.24) is 4.90 Å². The lowest BCUT2D eigenvalue weighted by Gasteiger charge is -2.20. The van der Waals surface area contributed by atoms with Crippen LogP contribution in [-0.2, 0) is 9.84 Å². The first-order chi connectivity index (χ1) is 7.09. The minimum atomic E-state index is -2.84. The van der Waals surface area contributed by atoms with E-state index in [1.165, 1.54) is 0 Å². The van der Waals surface area contributed by atoms with Crippen LogP contribution in [0.25, 0.3) is 0 Å². The highest BCUT2D eigenvalue weighted by Gasteiger charge is 2.49. The third kappa shape index (κ3) is 1.63. The first kappa shape index (κ1) is 10.4. The molecular formula is C8H11BrN2O2S2. The van der Waals surface area contributed by atoms with Crippen LogP contribution in [-0.4, -0.2) is 59.2 Å². The number of hydrogen-bond acceptors (Lipinski definition) is 5. The molecule has 0 saturated carbocycles. The second-order valence-corrected chi connectivity index (χ2v) is 8.24. The standard InChI is InChI=1S/C8H11BrN2O2S2/c9-1-5-2-11-7-4-15(12,13)3-6(7)10-8(11)14-5/h5-7H,1-4H2/t5?,6-,7+/m0/s1. The molecule has 3 rings (SSSR count). The average Bonchev–Trinajstić information content (AvgIpc) is 2.72. The van der Waals surface area contributed by atoms with Gasteiger partial charge in [-0.1, -0.05) is 27.7 Å². The van der Waals surface area contributed by atoms with Gasteiger partial charge in [-0.2, -0.15) is 0 Å². The molecule has 3 heterocycles. The summed E-state index contributed by atoms with van der Waals surface area (Å²) in [6.07, 6.45) is 0. The van der Waals surface area contributed by atoms with Crippen molar-refractivity contribution in [3.63, 3.8) is 0 Å². The molecule has 0 aromatic heterocycles. The third-order valence-corrected chi connectivity index (χ3v) is 7.17. The Kier molecular flexibility index (Phi) is 2.34. The number of halogens is 1. The van der Waals surface area contributed by atoms with Crippen molar-refractivity contribution in [3.8, 4) is 0 Å². The predicted molar refractivity (Wildman–Crippen MR) is 65.5 cm³/mol. The Morgan fingerprint density at radius 1 is 1.53 bits per heavy atom. The largest absolute Gasteiger partial charge is 0.344 e. The van der Waals surface area contributed by atoms with Gasteiger partial charge in [0.1, 0.15) is 0 Å². The fraction of sp³-hybridized carbons (Fsp3) is 0.875. The van der Waals surface area contributed by atoms with Crippen molar-refractivity contribution in [1.29, 1.82) is 0 Å². The van der Waals surface area contributed by atoms with Gasteiger partial charge in [-0.15, -0.1) is 0 Å². The number of aliphatic imine (C=N–C) groups is 1. The molecule has 7 heteroatoms. The van der Waals surface area contributed by atoms with Gasteiger partial charge in [0, 0.05) is 17.1 Å². The van der Waals surface area contributed by atoms with Crippen LogP contribution in [0.2, 0.25) is 0 Å². The van der Waals surface area contributed by atoms with Crippen molar-refractivity contribution in [2.75, 3.05) is 23.4 Å². The molecule has 2 fully saturated rings. The van der Waals surface area contributed by atoms with Gasteiger partial charge in [-0.3, -0.25) is 4.99 Å². The van der Waals surface area contributed by atoms with E-state index in [2.05, 4.69) is 25.8 Å². The lowest BCUT2D eigenvalue weighted by molar-refractivity contribution is 0.361. The maximum absolute atomic E-state index is 11.5. The Morgan fingerprint density at radius 3 is 3.07 bits per heavy atom. The monoisotopic (exact) mass is 310 g/mol. The van der Waals surface area contributed by atoms with Crippen molar-refractivity contribution in [3.05, 3.63) is 0 Å². The molecule has 15 heavy (non-hydrogen) atoms. The van der Waals surface area contributed by atoms with Gasteiger partial charge in [0.05, 0.1) is 23.6 Å². The van der Waals surface area contributed by atoms with E-state index < -0.39 is 9.84 Å². The molecule has 0 spiro atoms. The number of alkyl halides is 1. The van der Waals surface area contributed by atoms with Crippen molar-refractivity contribution >= 4 is 42.7 Å². The van der Waals surface area contributed by atoms with E-state index in [4.69, 9.17) is 0 Å². The number of amidine groups is 1. The van der Waals surface area contributed by atoms with Crippen LogP contribution in [0.3, 0.4) is 0 Å². The lowest BCUT2D eigenvalue weighted by atomic mass is 10.2. The Balaban J connectivity index is 1.86. The summed E-state index contributed by atoms with van der Waals surface area (Å²) in [6, 6.07) is 0.135. The quantitative estimate of drug-likeness (QED) is 0.655. The van der Waals surface area contributed by atoms with Crippen molar-refractivity contribution < 1.29 is 8.42 Å². The molecule has 0 bridgehead atoms. The minimum absolute atomic E-state index is 0.00813. The summed E-state index contributed by atoms with van der Waals surface area (Å²) < 4.78 is 22.9. The summed E-state index contributed by atoms with van der Waals surface area (Å²) in [5, 5.41) is 2.52. The highest BCUT2D eigenvalue weighted by atomic mass is 79.9. The molecule has 2 saturated heterocycles. The molecule has 0 amide bonds. The number of hydrogen-bond donors (Lipinski definition) is 0. The van der Waals surface area contributed by atoms with Gasteiger partial charge in [-0.25, -0.2) is 8.42 Å². The molecule has 0 aromatic rings. The predicted octanol–water partition coefficient (Wildman–Crippen LogP) is 0.334. The fourth-order valence-corrected chi connectivity index (χ4v) is 6.00. The normalized spacial score (nSPS) is 41.5. The van der Waals surface area contributed by atoms with Gasteiger partial charge in [0.25, 0.3) is 0 Å². The Morgan fingerprint density at radius 2 is 2.33 bits per heavy atom. The van der Waals surface area contributed by atoms with Crippen LogP contribution in [0.15, 0.2) is 4.99 Å². The molecule has 0 radical (unpaired) electrons. The van der Waals surface area contributed by atoms with E-state index in [0.29, 0.717) is 11.0 Å². The zero-order valence-electron chi connectivity index (χ0n) is 7.97. The number of sulfone groups is 1. The highest BCUT2D eigenvalue weighted by molar-refractivity contribution is 9.09. The van der Waals surface area contributed by atoms with Crippen molar-refractivity contribution in [2.24, 2.45) is 4.99 Å². The number of fused-ring (bicyclic) bond motifs is 3. The first-order valence-electron chi connectivity index (χ1n) is 4.86. The van der Waals surface area contributed by atoms with Crippen LogP contribution in [0, 0.1) is 0 Å². The Hall–Kier alpha value is 0.250. The summed E-state index contributed by atoms with van der Waals surface area (Å²) in [7, 11) is -2.84. The maximum atomic E-state index is 11.5. The van der Waals surface area contributed by atoms with Gasteiger partial charge in [0.2, 0.25) is 0 Å². The smallest absolute Gasteiger partial charge is 0.160 e. The summed E-state index contributed by atoms with van der Waals surface area (Å²) >= 11 is 5.23. The molecule has 3 aliphatic rings. The molecule has 3 atom stereocenters. The summed E-state index contributed by atoms with van der Waals surface area (Å²) in [4.78, 5) is 6.70. The fourth-order valence-electron chi connectivity index (χ4n) is 2.39. The minimum Gasteiger partial charge on any atom is -0.344 e. The highest BCUT2D eigenvalue weighted by Crippen LogP contribution is 2.38. The summed E-state index contributed by atoms with van der Waals surface area (Å²) in [6.45, 7) is 0.936. The Bertz CT molecular complexity index is 422. The molecule has 0 aromatic carbocycles. The second kappa shape index (κ2) is 3.37. The topological polar surface area (TPSA) is 49.7 Å². The van der Waals surface area contributed by atoms with Crippen LogP contribution in [0.5, 0.6) is 0 Å². The van der Waals surface area contributed by atoms with Crippen LogP contribution in [0.1, 0.15) is 0 Å². The molecule has 4 nitrogen and oxygen atoms in total. The summed E-state index contributed by atoms with van der Waals surface area (Å²) in [5.74, 6) is 0.539. The van der Waals surface area contributed by atoms with Crippen molar-refractivity contribution in [2.45, 2.75) is 17.3 Å². The molecule has 3 aliphatic heterocycles. The van der Waals surface area contributed by atoms with Crippen LogP contribution < -0.4 is 0 Å². The average molecular weight is 311 g/mol. The molecule has 1 unspecified atom stereocenters. The number of rotatable bonds is 1. The van der Waals surface area contributed by atoms with Gasteiger partial charge >= 0.3 is 0 Å². The maximum Gasteiger partial charge on any atom is 0.160 e. The zero-order chi connectivity index (χ0) is 10.6. The second-order valence-electron chi connectivity index (χ2n) is 4.17. The molecule has 84 valence electrons. The molecule has 0 N–H and O–H groups in total. The van der Waals surface area contributed by atoms with E-state index >= 15 is 0 Å². The van der Waals surface area contributed by atoms with E-state index in [-0.39, 0.29) is 17.8 Å². The zero-order valence-corrected chi connectivity index (χ0v) is 11.2. The van der Waals surface area contributed by atoms with E-state index in [0.717, 1.165) is 17.0 Å². The molecule has 0 aliphatic carbocycles. The van der Waals surface area contributed by atoms with Crippen LogP contribution in [0.4, 0.5) is 0 Å². The van der Waals surface area contributed by atoms with Gasteiger partial charge in [0.15, 0.2) is 15.0 Å². The van der Waals surface area contributed by atoms with E-state index in [1.54, 1.807) is 11.8 Å². The number of nitrogens with zero attached hydrogens (tertiary/aromatic N) is 2. The Labute approximate surface area is 102 Å². The van der Waals surface area contributed by atoms with Gasteiger partial charge in [-0.05, 0) is 0 Å². The third-order valence-electron chi connectivity index (χ3n) is 3.06. The number of thioether (sulfide) groups is 1. The SMILES string of the molecule is O=S1(=O)C[C@@H]2N=C3SC(CBr)CN3[C@@H]2C1. The lowest BCUT2D eigenvalue weighted by Crippen LogP contribution is -2.38. The van der Waals surface area contributed by atoms with Gasteiger partial charge < -0.3 is 4.90 Å². The summed E-state index contributed by atoms with van der Waals surface area (Å²) in [5.41, 5.74) is 0. The van der Waals surface area contributed by atoms with E-state index in [9.17, 15) is 8.42 Å². The molecular weight excluding hydrogens is 300 g/mol.